The van der Waals surface area contributed by atoms with Crippen LogP contribution in [0.3, 0.4) is 0 Å². The van der Waals surface area contributed by atoms with Gasteiger partial charge in [-0.25, -0.2) is 0 Å². The summed E-state index contributed by atoms with van der Waals surface area (Å²) in [6.07, 6.45) is 3.35. The fourth-order valence-corrected chi connectivity index (χ4v) is 3.88. The molecule has 2 N–H and O–H groups in total. The number of aromatic nitrogens is 2. The number of carbonyl (C=O) groups excluding carboxylic acids is 1. The number of H-pyrrole nitrogens is 1. The molecule has 1 aliphatic rings. The van der Waals surface area contributed by atoms with Gasteiger partial charge in [0.25, 0.3) is 5.91 Å². The van der Waals surface area contributed by atoms with E-state index in [2.05, 4.69) is 23.4 Å². The van der Waals surface area contributed by atoms with Gasteiger partial charge in [-0.15, -0.1) is 6.58 Å². The van der Waals surface area contributed by atoms with Gasteiger partial charge >= 0.3 is 0 Å². The quantitative estimate of drug-likeness (QED) is 0.540. The summed E-state index contributed by atoms with van der Waals surface area (Å²) in [4.78, 5) is 14.8. The average molecular weight is 422 g/mol. The van der Waals surface area contributed by atoms with E-state index < -0.39 is 6.04 Å². The van der Waals surface area contributed by atoms with Gasteiger partial charge in [-0.3, -0.25) is 9.89 Å². The molecule has 4 rings (SSSR count). The van der Waals surface area contributed by atoms with Crippen LogP contribution in [-0.4, -0.2) is 39.3 Å². The molecular formula is C23H20ClN3O3. The Balaban J connectivity index is 1.88. The molecule has 1 atom stereocenters. The summed E-state index contributed by atoms with van der Waals surface area (Å²) in [6.45, 7) is 8.18. The molecule has 0 radical (unpaired) electrons. The molecule has 30 heavy (non-hydrogen) atoms. The van der Waals surface area contributed by atoms with Gasteiger partial charge in [-0.05, 0) is 35.9 Å². The third kappa shape index (κ3) is 3.35. The molecule has 0 bridgehead atoms. The third-order valence-electron chi connectivity index (χ3n) is 4.95. The third-order valence-corrected chi connectivity index (χ3v) is 5.18. The number of rotatable bonds is 7. The summed E-state index contributed by atoms with van der Waals surface area (Å²) < 4.78 is 5.67. The number of hydrogen-bond donors (Lipinski definition) is 2. The van der Waals surface area contributed by atoms with E-state index in [-0.39, 0.29) is 11.7 Å². The van der Waals surface area contributed by atoms with Crippen molar-refractivity contribution < 1.29 is 14.6 Å². The molecule has 1 unspecified atom stereocenters. The van der Waals surface area contributed by atoms with Crippen LogP contribution in [-0.2, 0) is 0 Å². The second-order valence-corrected chi connectivity index (χ2v) is 7.28. The van der Waals surface area contributed by atoms with Crippen molar-refractivity contribution in [1.82, 2.24) is 15.1 Å². The van der Waals surface area contributed by atoms with Gasteiger partial charge in [0.1, 0.15) is 29.5 Å². The lowest BCUT2D eigenvalue weighted by molar-refractivity contribution is 0.0764. The van der Waals surface area contributed by atoms with Gasteiger partial charge in [0.15, 0.2) is 0 Å². The molecule has 1 aromatic heterocycles. The molecule has 0 fully saturated rings. The maximum atomic E-state index is 13.1. The number of aromatic amines is 1. The van der Waals surface area contributed by atoms with E-state index in [0.29, 0.717) is 46.4 Å². The number of benzene rings is 2. The van der Waals surface area contributed by atoms with Gasteiger partial charge in [0, 0.05) is 22.7 Å². The van der Waals surface area contributed by atoms with Crippen molar-refractivity contribution in [2.24, 2.45) is 0 Å². The van der Waals surface area contributed by atoms with Gasteiger partial charge in [-0.1, -0.05) is 42.5 Å². The maximum absolute atomic E-state index is 13.1. The first kappa shape index (κ1) is 19.8. The van der Waals surface area contributed by atoms with Gasteiger partial charge in [0.2, 0.25) is 0 Å². The van der Waals surface area contributed by atoms with Crippen LogP contribution in [0.1, 0.15) is 27.7 Å². The maximum Gasteiger partial charge on any atom is 0.273 e. The molecule has 1 aliphatic heterocycles. The Kier molecular flexibility index (Phi) is 5.33. The Morgan fingerprint density at radius 1 is 1.23 bits per heavy atom. The van der Waals surface area contributed by atoms with E-state index in [1.165, 1.54) is 6.07 Å². The van der Waals surface area contributed by atoms with Gasteiger partial charge < -0.3 is 14.7 Å². The molecule has 6 nitrogen and oxygen atoms in total. The van der Waals surface area contributed by atoms with E-state index >= 15 is 0 Å². The number of amides is 1. The monoisotopic (exact) mass is 421 g/mol. The first-order valence-electron chi connectivity index (χ1n) is 9.37. The number of nitrogens with zero attached hydrogens (tertiary/aromatic N) is 2. The number of phenolic OH excluding ortho intramolecular Hbond substituents is 1. The van der Waals surface area contributed by atoms with Crippen molar-refractivity contribution >= 4 is 17.5 Å². The molecule has 2 aromatic carbocycles. The normalized spacial score (nSPS) is 15.2. The molecular weight excluding hydrogens is 402 g/mol. The lowest BCUT2D eigenvalue weighted by Gasteiger charge is -2.25. The van der Waals surface area contributed by atoms with E-state index in [0.717, 1.165) is 5.56 Å². The topological polar surface area (TPSA) is 78.5 Å². The molecule has 2 heterocycles. The van der Waals surface area contributed by atoms with Crippen LogP contribution in [0.2, 0.25) is 5.02 Å². The minimum atomic E-state index is -0.426. The number of fused-ring (bicyclic) bond motifs is 1. The van der Waals surface area contributed by atoms with E-state index in [1.54, 1.807) is 29.2 Å². The van der Waals surface area contributed by atoms with Crippen LogP contribution in [0.5, 0.6) is 11.5 Å². The van der Waals surface area contributed by atoms with Crippen molar-refractivity contribution in [1.29, 1.82) is 0 Å². The summed E-state index contributed by atoms with van der Waals surface area (Å²) >= 11 is 6.15. The Labute approximate surface area is 179 Å². The fourth-order valence-electron chi connectivity index (χ4n) is 3.70. The highest BCUT2D eigenvalue weighted by molar-refractivity contribution is 6.31. The summed E-state index contributed by atoms with van der Waals surface area (Å²) in [5, 5.41) is 18.1. The smallest absolute Gasteiger partial charge is 0.273 e. The Morgan fingerprint density at radius 2 is 2.07 bits per heavy atom. The van der Waals surface area contributed by atoms with Crippen molar-refractivity contribution in [3.05, 3.63) is 89.6 Å². The number of nitrogens with one attached hydrogen (secondary N) is 1. The number of ether oxygens (including phenoxy) is 1. The van der Waals surface area contributed by atoms with Crippen molar-refractivity contribution in [2.75, 3.05) is 13.2 Å². The second kappa shape index (κ2) is 8.08. The van der Waals surface area contributed by atoms with Gasteiger partial charge in [-0.2, -0.15) is 5.10 Å². The molecule has 0 spiro atoms. The Hall–Kier alpha value is -3.51. The molecule has 1 amide bonds. The molecule has 0 aliphatic carbocycles. The minimum absolute atomic E-state index is 0.0325. The largest absolute Gasteiger partial charge is 0.507 e. The highest BCUT2D eigenvalue weighted by atomic mass is 35.5. The van der Waals surface area contributed by atoms with E-state index in [9.17, 15) is 9.90 Å². The van der Waals surface area contributed by atoms with E-state index in [1.807, 2.05) is 24.3 Å². The standard InChI is InChI=1S/C23H20ClN3O3/c1-3-10-27-22(14-6-5-7-16(12-14)30-11-4-2)19-20(25-26-21(19)23(27)29)17-13-15(24)8-9-18(17)28/h3-9,12-13,22,28H,1-2,10-11H2,(H,25,26). The van der Waals surface area contributed by atoms with Crippen LogP contribution < -0.4 is 4.74 Å². The number of phenols is 1. The highest BCUT2D eigenvalue weighted by Crippen LogP contribution is 2.45. The fraction of sp³-hybridized carbons (Fsp3) is 0.130. The van der Waals surface area contributed by atoms with Crippen LogP contribution in [0.25, 0.3) is 11.3 Å². The lowest BCUT2D eigenvalue weighted by atomic mass is 9.95. The summed E-state index contributed by atoms with van der Waals surface area (Å²) in [7, 11) is 0. The summed E-state index contributed by atoms with van der Waals surface area (Å²) in [6, 6.07) is 11.9. The van der Waals surface area contributed by atoms with E-state index in [4.69, 9.17) is 16.3 Å². The second-order valence-electron chi connectivity index (χ2n) is 6.84. The molecule has 3 aromatic rings. The van der Waals surface area contributed by atoms with Crippen LogP contribution in [0.15, 0.2) is 67.8 Å². The average Bonchev–Trinajstić information content (AvgIpc) is 3.28. The zero-order chi connectivity index (χ0) is 21.3. The number of halogens is 1. The van der Waals surface area contributed by atoms with Gasteiger partial charge in [0.05, 0.1) is 6.04 Å². The van der Waals surface area contributed by atoms with Crippen molar-refractivity contribution in [3.8, 4) is 22.8 Å². The zero-order valence-corrected chi connectivity index (χ0v) is 16.9. The lowest BCUT2D eigenvalue weighted by Crippen LogP contribution is -2.29. The Morgan fingerprint density at radius 3 is 2.83 bits per heavy atom. The van der Waals surface area contributed by atoms with Crippen molar-refractivity contribution in [3.63, 3.8) is 0 Å². The minimum Gasteiger partial charge on any atom is -0.507 e. The first-order valence-corrected chi connectivity index (χ1v) is 9.75. The first-order chi connectivity index (χ1) is 14.5. The number of aromatic hydroxyl groups is 1. The Bertz CT molecular complexity index is 1140. The van der Waals surface area contributed by atoms with Crippen molar-refractivity contribution in [2.45, 2.75) is 6.04 Å². The molecule has 152 valence electrons. The summed E-state index contributed by atoms with van der Waals surface area (Å²) in [5.74, 6) is 0.514. The number of carbonyl (C=O) groups is 1. The summed E-state index contributed by atoms with van der Waals surface area (Å²) in [5.41, 5.74) is 2.85. The molecule has 0 saturated heterocycles. The molecule has 7 heteroatoms. The van der Waals surface area contributed by atoms with Crippen LogP contribution in [0, 0.1) is 0 Å². The molecule has 0 saturated carbocycles. The van der Waals surface area contributed by atoms with Crippen LogP contribution >= 0.6 is 11.6 Å². The highest BCUT2D eigenvalue weighted by Gasteiger charge is 2.42. The predicted octanol–water partition coefficient (Wildman–Crippen LogP) is 4.73. The van der Waals surface area contributed by atoms with Crippen LogP contribution in [0.4, 0.5) is 0 Å². The predicted molar refractivity (Wildman–Crippen MR) is 116 cm³/mol. The zero-order valence-electron chi connectivity index (χ0n) is 16.1. The SMILES string of the molecule is C=CCOc1cccc(C2c3c(-c4cc(Cl)ccc4O)n[nH]c3C(=O)N2CC=C)c1. The number of hydrogen-bond acceptors (Lipinski definition) is 4.